The van der Waals surface area contributed by atoms with Gasteiger partial charge >= 0.3 is 0 Å². The van der Waals surface area contributed by atoms with Crippen molar-refractivity contribution in [3.8, 4) is 0 Å². The molecule has 0 spiro atoms. The van der Waals surface area contributed by atoms with Crippen molar-refractivity contribution in [2.75, 3.05) is 43.1 Å². The van der Waals surface area contributed by atoms with Crippen LogP contribution in [0.3, 0.4) is 0 Å². The molecule has 2 aliphatic rings. The Hall–Kier alpha value is -2.52. The summed E-state index contributed by atoms with van der Waals surface area (Å²) in [5, 5.41) is 2.60. The minimum absolute atomic E-state index is 0.0924. The Morgan fingerprint density at radius 3 is 2.67 bits per heavy atom. The summed E-state index contributed by atoms with van der Waals surface area (Å²) in [6.07, 6.45) is 2.16. The fourth-order valence-corrected chi connectivity index (χ4v) is 3.65. The molecule has 3 amide bonds. The number of halogens is 1. The number of morpholine rings is 1. The zero-order valence-corrected chi connectivity index (χ0v) is 17.4. The van der Waals surface area contributed by atoms with Crippen LogP contribution in [0.1, 0.15) is 26.7 Å². The average molecular weight is 420 g/mol. The molecule has 1 aliphatic heterocycles. The molecule has 1 aromatic carbocycles. The zero-order valence-electron chi connectivity index (χ0n) is 17.4. The van der Waals surface area contributed by atoms with E-state index < -0.39 is 23.7 Å². The Balaban J connectivity index is 1.74. The van der Waals surface area contributed by atoms with Crippen LogP contribution in [0.15, 0.2) is 18.2 Å². The summed E-state index contributed by atoms with van der Waals surface area (Å²) in [6.45, 7) is 5.71. The number of primary amides is 1. The van der Waals surface area contributed by atoms with E-state index in [1.807, 2.05) is 18.7 Å². The van der Waals surface area contributed by atoms with Crippen LogP contribution < -0.4 is 16.0 Å². The molecule has 3 rings (SSSR count). The number of ether oxygens (including phenoxy) is 1. The number of carbonyl (C=O) groups is 3. The van der Waals surface area contributed by atoms with Gasteiger partial charge in [0.1, 0.15) is 12.4 Å². The van der Waals surface area contributed by atoms with Gasteiger partial charge < -0.3 is 20.7 Å². The van der Waals surface area contributed by atoms with Crippen molar-refractivity contribution in [2.45, 2.75) is 32.7 Å². The van der Waals surface area contributed by atoms with E-state index in [0.29, 0.717) is 25.6 Å². The van der Waals surface area contributed by atoms with Gasteiger partial charge in [0, 0.05) is 25.3 Å². The molecule has 1 saturated carbocycles. The highest BCUT2D eigenvalue weighted by molar-refractivity contribution is 6.09. The Kier molecular flexibility index (Phi) is 7.04. The highest BCUT2D eigenvalue weighted by atomic mass is 19.1. The maximum absolute atomic E-state index is 14.6. The van der Waals surface area contributed by atoms with Crippen LogP contribution in [0.4, 0.5) is 15.8 Å². The summed E-state index contributed by atoms with van der Waals surface area (Å²) in [7, 11) is 0. The number of hydrogen-bond acceptors (Lipinski definition) is 5. The zero-order chi connectivity index (χ0) is 21.8. The SMILES string of the molecule is CC(C)CN(CC1CC1)[C@H](C(N)=O)C(=O)Nc1ccc(N2CCOCC2=O)c(F)c1. The van der Waals surface area contributed by atoms with Crippen molar-refractivity contribution in [1.82, 2.24) is 4.90 Å². The van der Waals surface area contributed by atoms with E-state index in [9.17, 15) is 18.8 Å². The van der Waals surface area contributed by atoms with E-state index in [2.05, 4.69) is 5.32 Å². The predicted molar refractivity (Wildman–Crippen MR) is 110 cm³/mol. The lowest BCUT2D eigenvalue weighted by Crippen LogP contribution is -2.53. The molecule has 2 fully saturated rings. The Bertz CT molecular complexity index is 808. The number of anilines is 2. The second-order valence-electron chi connectivity index (χ2n) is 8.35. The number of nitrogens with two attached hydrogens (primary N) is 1. The van der Waals surface area contributed by atoms with E-state index in [0.717, 1.165) is 18.9 Å². The van der Waals surface area contributed by atoms with Crippen molar-refractivity contribution in [2.24, 2.45) is 17.6 Å². The van der Waals surface area contributed by atoms with Crippen LogP contribution in [0.2, 0.25) is 0 Å². The summed E-state index contributed by atoms with van der Waals surface area (Å²) in [5.74, 6) is -1.56. The fraction of sp³-hybridized carbons (Fsp3) is 0.571. The van der Waals surface area contributed by atoms with Crippen molar-refractivity contribution >= 4 is 29.1 Å². The van der Waals surface area contributed by atoms with Crippen molar-refractivity contribution in [3.63, 3.8) is 0 Å². The molecule has 9 heteroatoms. The molecule has 3 N–H and O–H groups in total. The van der Waals surface area contributed by atoms with Crippen LogP contribution in [0.5, 0.6) is 0 Å². The number of amides is 3. The summed E-state index contributed by atoms with van der Waals surface area (Å²) < 4.78 is 19.7. The van der Waals surface area contributed by atoms with Crippen molar-refractivity contribution in [3.05, 3.63) is 24.0 Å². The lowest BCUT2D eigenvalue weighted by molar-refractivity contribution is -0.133. The minimum Gasteiger partial charge on any atom is -0.370 e. The van der Waals surface area contributed by atoms with Gasteiger partial charge in [-0.2, -0.15) is 0 Å². The predicted octanol–water partition coefficient (Wildman–Crippen LogP) is 1.35. The van der Waals surface area contributed by atoms with E-state index >= 15 is 0 Å². The first-order valence-electron chi connectivity index (χ1n) is 10.3. The number of benzene rings is 1. The molecule has 0 unspecified atom stereocenters. The molecular weight excluding hydrogens is 391 g/mol. The van der Waals surface area contributed by atoms with Gasteiger partial charge in [-0.3, -0.25) is 19.3 Å². The van der Waals surface area contributed by atoms with Crippen LogP contribution in [-0.2, 0) is 19.1 Å². The van der Waals surface area contributed by atoms with Gasteiger partial charge in [-0.15, -0.1) is 0 Å². The first kappa shape index (κ1) is 22.2. The van der Waals surface area contributed by atoms with Crippen LogP contribution in [-0.4, -0.2) is 61.5 Å². The molecule has 164 valence electrons. The van der Waals surface area contributed by atoms with Crippen molar-refractivity contribution < 1.29 is 23.5 Å². The Labute approximate surface area is 175 Å². The molecule has 0 bridgehead atoms. The normalized spacial score (nSPS) is 18.0. The summed E-state index contributed by atoms with van der Waals surface area (Å²) in [6, 6.07) is 2.95. The van der Waals surface area contributed by atoms with Gasteiger partial charge in [0.2, 0.25) is 5.91 Å². The van der Waals surface area contributed by atoms with Gasteiger partial charge in [-0.25, -0.2) is 4.39 Å². The maximum atomic E-state index is 14.6. The molecule has 1 saturated heterocycles. The van der Waals surface area contributed by atoms with Gasteiger partial charge in [-0.05, 0) is 42.9 Å². The molecular formula is C21H29FN4O4. The van der Waals surface area contributed by atoms with Crippen LogP contribution in [0.25, 0.3) is 0 Å². The topological polar surface area (TPSA) is 105 Å². The molecule has 0 aromatic heterocycles. The number of rotatable bonds is 9. The highest BCUT2D eigenvalue weighted by Crippen LogP contribution is 2.31. The molecule has 8 nitrogen and oxygen atoms in total. The molecule has 30 heavy (non-hydrogen) atoms. The fourth-order valence-electron chi connectivity index (χ4n) is 3.65. The highest BCUT2D eigenvalue weighted by Gasteiger charge is 2.35. The molecule has 1 heterocycles. The monoisotopic (exact) mass is 420 g/mol. The van der Waals surface area contributed by atoms with Gasteiger partial charge in [0.05, 0.1) is 12.3 Å². The summed E-state index contributed by atoms with van der Waals surface area (Å²) in [4.78, 5) is 40.1. The van der Waals surface area contributed by atoms with E-state index in [1.54, 1.807) is 0 Å². The van der Waals surface area contributed by atoms with Gasteiger partial charge in [0.15, 0.2) is 6.04 Å². The average Bonchev–Trinajstić information content (AvgIpc) is 3.46. The maximum Gasteiger partial charge on any atom is 0.253 e. The quantitative estimate of drug-likeness (QED) is 0.587. The third-order valence-electron chi connectivity index (χ3n) is 5.16. The first-order chi connectivity index (χ1) is 14.3. The van der Waals surface area contributed by atoms with E-state index in [1.165, 1.54) is 17.0 Å². The number of nitrogens with zero attached hydrogens (tertiary/aromatic N) is 2. The van der Waals surface area contributed by atoms with E-state index in [4.69, 9.17) is 10.5 Å². The molecule has 1 atom stereocenters. The van der Waals surface area contributed by atoms with Crippen molar-refractivity contribution in [1.29, 1.82) is 0 Å². The standard InChI is InChI=1S/C21H29FN4O4/c1-13(2)10-25(11-14-3-4-14)19(20(23)28)21(29)24-15-5-6-17(16(22)9-15)26-7-8-30-12-18(26)27/h5-6,9,13-14,19H,3-4,7-8,10-12H2,1-2H3,(H2,23,28)(H,24,29)/t19-/m1/s1. The summed E-state index contributed by atoms with van der Waals surface area (Å²) in [5.41, 5.74) is 5.89. The van der Waals surface area contributed by atoms with Gasteiger partial charge in [-0.1, -0.05) is 13.8 Å². The summed E-state index contributed by atoms with van der Waals surface area (Å²) >= 11 is 0. The Morgan fingerprint density at radius 2 is 2.10 bits per heavy atom. The van der Waals surface area contributed by atoms with E-state index in [-0.39, 0.29) is 36.4 Å². The smallest absolute Gasteiger partial charge is 0.253 e. The second-order valence-corrected chi connectivity index (χ2v) is 8.35. The molecule has 1 aliphatic carbocycles. The molecule has 0 radical (unpaired) electrons. The third-order valence-corrected chi connectivity index (χ3v) is 5.16. The third kappa shape index (κ3) is 5.54. The van der Waals surface area contributed by atoms with Crippen LogP contribution in [0, 0.1) is 17.7 Å². The largest absolute Gasteiger partial charge is 0.370 e. The number of hydrogen-bond donors (Lipinski definition) is 2. The van der Waals surface area contributed by atoms with Gasteiger partial charge in [0.25, 0.3) is 11.8 Å². The second kappa shape index (κ2) is 9.53. The number of carbonyl (C=O) groups excluding carboxylic acids is 3. The lowest BCUT2D eigenvalue weighted by Gasteiger charge is -2.30. The minimum atomic E-state index is -1.13. The molecule has 1 aromatic rings. The number of nitrogens with one attached hydrogen (secondary N) is 1. The Morgan fingerprint density at radius 1 is 1.37 bits per heavy atom. The van der Waals surface area contributed by atoms with Crippen LogP contribution >= 0.6 is 0 Å². The first-order valence-corrected chi connectivity index (χ1v) is 10.3. The lowest BCUT2D eigenvalue weighted by atomic mass is 10.1.